The minimum absolute atomic E-state index is 0.0889. The molecule has 6 heteroatoms. The predicted octanol–water partition coefficient (Wildman–Crippen LogP) is 3.63. The lowest BCUT2D eigenvalue weighted by atomic mass is 10.1. The van der Waals surface area contributed by atoms with E-state index in [4.69, 9.17) is 0 Å². The van der Waals surface area contributed by atoms with E-state index < -0.39 is 0 Å². The Morgan fingerprint density at radius 3 is 2.68 bits per heavy atom. The molecule has 2 amide bonds. The van der Waals surface area contributed by atoms with Crippen molar-refractivity contribution in [1.29, 1.82) is 0 Å². The molecule has 1 aromatic heterocycles. The molecule has 1 N–H and O–H groups in total. The van der Waals surface area contributed by atoms with Gasteiger partial charge in [-0.15, -0.1) is 0 Å². The van der Waals surface area contributed by atoms with Gasteiger partial charge in [-0.3, -0.25) is 14.5 Å². The summed E-state index contributed by atoms with van der Waals surface area (Å²) in [4.78, 5) is 26.6. The van der Waals surface area contributed by atoms with E-state index >= 15 is 0 Å². The third kappa shape index (κ3) is 3.53. The lowest BCUT2D eigenvalue weighted by Crippen LogP contribution is -2.36. The number of para-hydroxylation sites is 1. The summed E-state index contributed by atoms with van der Waals surface area (Å²) in [6.45, 7) is 3.15. The molecule has 0 atom stereocenters. The van der Waals surface area contributed by atoms with Gasteiger partial charge in [-0.2, -0.15) is 5.10 Å². The van der Waals surface area contributed by atoms with Gasteiger partial charge in [-0.1, -0.05) is 37.3 Å². The maximum Gasteiger partial charge on any atom is 0.255 e. The molecule has 0 spiro atoms. The molecular formula is C22H22N4O2. The topological polar surface area (TPSA) is 67.2 Å². The fourth-order valence-electron chi connectivity index (χ4n) is 3.45. The van der Waals surface area contributed by atoms with E-state index in [0.29, 0.717) is 25.1 Å². The van der Waals surface area contributed by atoms with Crippen molar-refractivity contribution in [3.05, 3.63) is 77.5 Å². The number of hydrogen-bond acceptors (Lipinski definition) is 3. The van der Waals surface area contributed by atoms with Crippen LogP contribution in [0.2, 0.25) is 0 Å². The van der Waals surface area contributed by atoms with Crippen molar-refractivity contribution in [2.75, 3.05) is 10.2 Å². The van der Waals surface area contributed by atoms with Crippen LogP contribution in [0.5, 0.6) is 0 Å². The number of benzene rings is 2. The number of fused-ring (bicyclic) bond motifs is 1. The van der Waals surface area contributed by atoms with Crippen molar-refractivity contribution in [2.24, 2.45) is 0 Å². The van der Waals surface area contributed by atoms with E-state index in [2.05, 4.69) is 17.3 Å². The smallest absolute Gasteiger partial charge is 0.255 e. The third-order valence-corrected chi connectivity index (χ3v) is 5.01. The van der Waals surface area contributed by atoms with E-state index in [0.717, 1.165) is 29.1 Å². The molecule has 2 heterocycles. The third-order valence-electron chi connectivity index (χ3n) is 5.01. The first-order chi connectivity index (χ1) is 13.7. The minimum Gasteiger partial charge on any atom is -0.322 e. The van der Waals surface area contributed by atoms with E-state index in [1.54, 1.807) is 23.2 Å². The first kappa shape index (κ1) is 18.0. The normalized spacial score (nSPS) is 13.3. The van der Waals surface area contributed by atoms with Gasteiger partial charge in [-0.25, -0.2) is 4.68 Å². The van der Waals surface area contributed by atoms with E-state index in [1.165, 1.54) is 0 Å². The first-order valence-electron chi connectivity index (χ1n) is 9.46. The van der Waals surface area contributed by atoms with Crippen LogP contribution in [0, 0.1) is 0 Å². The average Bonchev–Trinajstić information content (AvgIpc) is 3.20. The molecule has 28 heavy (non-hydrogen) atoms. The van der Waals surface area contributed by atoms with Crippen molar-refractivity contribution in [2.45, 2.75) is 32.9 Å². The molecule has 2 aromatic carbocycles. The highest BCUT2D eigenvalue weighted by Gasteiger charge is 2.24. The molecule has 142 valence electrons. The average molecular weight is 374 g/mol. The van der Waals surface area contributed by atoms with Gasteiger partial charge in [0.05, 0.1) is 19.3 Å². The molecule has 1 aliphatic rings. The molecule has 0 aliphatic carbocycles. The summed E-state index contributed by atoms with van der Waals surface area (Å²) in [7, 11) is 0. The number of carbonyl (C=O) groups excluding carboxylic acids is 2. The van der Waals surface area contributed by atoms with Crippen molar-refractivity contribution in [3.63, 3.8) is 0 Å². The molecule has 0 saturated carbocycles. The highest BCUT2D eigenvalue weighted by atomic mass is 16.2. The lowest BCUT2D eigenvalue weighted by molar-refractivity contribution is -0.119. The zero-order valence-electron chi connectivity index (χ0n) is 15.8. The molecule has 4 rings (SSSR count). The maximum atomic E-state index is 12.6. The summed E-state index contributed by atoms with van der Waals surface area (Å²) in [5.74, 6) is 0.764. The first-order valence-corrected chi connectivity index (χ1v) is 9.46. The molecule has 0 bridgehead atoms. The molecule has 0 radical (unpaired) electrons. The van der Waals surface area contributed by atoms with Crippen LogP contribution in [0.3, 0.4) is 0 Å². The number of carbonyl (C=O) groups is 2. The van der Waals surface area contributed by atoms with Gasteiger partial charge in [0.15, 0.2) is 0 Å². The Balaban J connectivity index is 1.47. The number of rotatable bonds is 5. The van der Waals surface area contributed by atoms with Crippen LogP contribution in [-0.4, -0.2) is 21.6 Å². The Bertz CT molecular complexity index is 1010. The highest BCUT2D eigenvalue weighted by molar-refractivity contribution is 6.04. The van der Waals surface area contributed by atoms with Crippen LogP contribution in [0.1, 0.15) is 34.8 Å². The van der Waals surface area contributed by atoms with E-state index in [1.807, 2.05) is 47.1 Å². The Hall–Kier alpha value is -3.41. The number of nitrogens with zero attached hydrogens (tertiary/aromatic N) is 3. The second-order valence-corrected chi connectivity index (χ2v) is 6.80. The Kier molecular flexibility index (Phi) is 4.93. The summed E-state index contributed by atoms with van der Waals surface area (Å²) in [5, 5.41) is 7.22. The summed E-state index contributed by atoms with van der Waals surface area (Å²) in [6.07, 6.45) is 3.02. The number of aromatic nitrogens is 2. The van der Waals surface area contributed by atoms with Gasteiger partial charge < -0.3 is 5.32 Å². The zero-order valence-corrected chi connectivity index (χ0v) is 15.8. The van der Waals surface area contributed by atoms with Gasteiger partial charge in [0.1, 0.15) is 5.82 Å². The summed E-state index contributed by atoms with van der Waals surface area (Å²) < 4.78 is 1.84. The largest absolute Gasteiger partial charge is 0.322 e. The van der Waals surface area contributed by atoms with Crippen molar-refractivity contribution in [1.82, 2.24) is 9.78 Å². The van der Waals surface area contributed by atoms with Gasteiger partial charge in [0, 0.05) is 23.7 Å². The monoisotopic (exact) mass is 374 g/mol. The number of aryl methyl sites for hydroxylation is 2. The Morgan fingerprint density at radius 1 is 1.11 bits per heavy atom. The van der Waals surface area contributed by atoms with Crippen LogP contribution in [0.4, 0.5) is 11.5 Å². The summed E-state index contributed by atoms with van der Waals surface area (Å²) >= 11 is 0. The number of nitrogens with one attached hydrogen (secondary N) is 1. The number of amides is 2. The highest BCUT2D eigenvalue weighted by Crippen LogP contribution is 2.23. The Labute approximate surface area is 163 Å². The molecule has 0 saturated heterocycles. The van der Waals surface area contributed by atoms with Crippen molar-refractivity contribution in [3.8, 4) is 0 Å². The van der Waals surface area contributed by atoms with Gasteiger partial charge in [0.25, 0.3) is 5.91 Å². The fraction of sp³-hybridized carbons (Fsp3) is 0.227. The summed E-state index contributed by atoms with van der Waals surface area (Å²) in [6, 6.07) is 17.0. The van der Waals surface area contributed by atoms with Crippen LogP contribution in [-0.2, 0) is 24.3 Å². The number of hydrogen-bond donors (Lipinski definition) is 1. The van der Waals surface area contributed by atoms with Crippen LogP contribution < -0.4 is 10.2 Å². The lowest BCUT2D eigenvalue weighted by Gasteiger charge is -2.27. The second-order valence-electron chi connectivity index (χ2n) is 6.80. The minimum atomic E-state index is -0.139. The molecule has 0 fully saturated rings. The van der Waals surface area contributed by atoms with E-state index in [-0.39, 0.29) is 11.8 Å². The number of anilines is 2. The summed E-state index contributed by atoms with van der Waals surface area (Å²) in [5.41, 5.74) is 3.50. The molecule has 3 aromatic rings. The SMILES string of the molecule is CCc1ccccc1NC(=O)c1ccc(CN2C(=O)CCn3nccc32)cc1. The second kappa shape index (κ2) is 7.68. The molecule has 0 unspecified atom stereocenters. The standard InChI is InChI=1S/C22H22N4O2/c1-2-17-5-3-4-6-19(17)24-22(28)18-9-7-16(8-10-18)15-25-20-11-13-23-26(20)14-12-21(25)27/h3-11,13H,2,12,14-15H2,1H3,(H,24,28). The van der Waals surface area contributed by atoms with Crippen molar-refractivity contribution < 1.29 is 9.59 Å². The Morgan fingerprint density at radius 2 is 1.89 bits per heavy atom. The van der Waals surface area contributed by atoms with Crippen LogP contribution in [0.25, 0.3) is 0 Å². The van der Waals surface area contributed by atoms with Crippen LogP contribution >= 0.6 is 0 Å². The zero-order chi connectivity index (χ0) is 19.5. The van der Waals surface area contributed by atoms with E-state index in [9.17, 15) is 9.59 Å². The molecule has 1 aliphatic heterocycles. The van der Waals surface area contributed by atoms with Gasteiger partial charge in [0.2, 0.25) is 5.91 Å². The molecular weight excluding hydrogens is 352 g/mol. The fourth-order valence-corrected chi connectivity index (χ4v) is 3.45. The molecule has 6 nitrogen and oxygen atoms in total. The van der Waals surface area contributed by atoms with Gasteiger partial charge >= 0.3 is 0 Å². The quantitative estimate of drug-likeness (QED) is 0.741. The van der Waals surface area contributed by atoms with Crippen molar-refractivity contribution >= 4 is 23.3 Å². The predicted molar refractivity (Wildman–Crippen MR) is 108 cm³/mol. The van der Waals surface area contributed by atoms with Gasteiger partial charge in [-0.05, 0) is 35.7 Å². The maximum absolute atomic E-state index is 12.6. The van der Waals surface area contributed by atoms with Crippen LogP contribution in [0.15, 0.2) is 60.8 Å².